The maximum Gasteiger partial charge on any atom is 0.244 e. The molecule has 10 heavy (non-hydrogen) atoms. The van der Waals surface area contributed by atoms with Crippen molar-refractivity contribution in [2.24, 2.45) is 0 Å². The van der Waals surface area contributed by atoms with Gasteiger partial charge in [0, 0.05) is 28.3 Å². The highest BCUT2D eigenvalue weighted by atomic mass is 16.7. The van der Waals surface area contributed by atoms with E-state index in [-0.39, 0.29) is 0 Å². The first-order chi connectivity index (χ1) is 4.79. The Morgan fingerprint density at radius 1 is 1.10 bits per heavy atom. The smallest absolute Gasteiger partial charge is 0.244 e. The van der Waals surface area contributed by atoms with E-state index in [0.717, 1.165) is 0 Å². The summed E-state index contributed by atoms with van der Waals surface area (Å²) in [5.74, 6) is 0. The van der Waals surface area contributed by atoms with Crippen molar-refractivity contribution in [3.63, 3.8) is 0 Å². The summed E-state index contributed by atoms with van der Waals surface area (Å²) in [5, 5.41) is 1.58. The second kappa shape index (κ2) is 5.57. The highest BCUT2D eigenvalue weighted by Crippen LogP contribution is 1.91. The van der Waals surface area contributed by atoms with Crippen LogP contribution in [-0.2, 0) is 9.47 Å². The van der Waals surface area contributed by atoms with Crippen LogP contribution in [0.15, 0.2) is 0 Å². The van der Waals surface area contributed by atoms with Crippen LogP contribution in [0, 0.1) is 0 Å². The lowest BCUT2D eigenvalue weighted by molar-refractivity contribution is -0.226. The van der Waals surface area contributed by atoms with Crippen LogP contribution in [-0.4, -0.2) is 39.8 Å². The predicted octanol–water partition coefficient (Wildman–Crippen LogP) is -0.866. The third-order valence-electron chi connectivity index (χ3n) is 1.10. The van der Waals surface area contributed by atoms with E-state index >= 15 is 0 Å². The molecule has 0 radical (unpaired) electrons. The first kappa shape index (κ1) is 9.80. The molecule has 0 spiro atoms. The Morgan fingerprint density at radius 2 is 1.50 bits per heavy atom. The standard InChI is InChI=1S/C5H15N3O2/c1-6-8(7-2)5(9-3)10-4/h5-7H,1-4H3. The van der Waals surface area contributed by atoms with Gasteiger partial charge in [-0.25, -0.2) is 10.9 Å². The molecule has 2 N–H and O–H groups in total. The summed E-state index contributed by atoms with van der Waals surface area (Å²) in [6.45, 7) is 0. The summed E-state index contributed by atoms with van der Waals surface area (Å²) in [7, 11) is 6.66. The van der Waals surface area contributed by atoms with E-state index in [4.69, 9.17) is 9.47 Å². The third kappa shape index (κ3) is 2.59. The summed E-state index contributed by atoms with van der Waals surface area (Å²) in [5.41, 5.74) is 5.65. The lowest BCUT2D eigenvalue weighted by Gasteiger charge is -2.26. The van der Waals surface area contributed by atoms with Gasteiger partial charge in [0.2, 0.25) is 6.41 Å². The van der Waals surface area contributed by atoms with Gasteiger partial charge in [0.15, 0.2) is 0 Å². The highest BCUT2D eigenvalue weighted by Gasteiger charge is 2.12. The molecule has 0 unspecified atom stereocenters. The maximum absolute atomic E-state index is 4.92. The molecule has 0 fully saturated rings. The zero-order valence-corrected chi connectivity index (χ0v) is 6.84. The van der Waals surface area contributed by atoms with Crippen molar-refractivity contribution in [2.45, 2.75) is 6.41 Å². The fourth-order valence-corrected chi connectivity index (χ4v) is 0.630. The summed E-state index contributed by atoms with van der Waals surface area (Å²) in [6, 6.07) is 0. The Labute approximate surface area is 61.2 Å². The monoisotopic (exact) mass is 149 g/mol. The highest BCUT2D eigenvalue weighted by molar-refractivity contribution is 4.34. The van der Waals surface area contributed by atoms with Gasteiger partial charge in [-0.3, -0.25) is 0 Å². The van der Waals surface area contributed by atoms with E-state index in [1.807, 2.05) is 0 Å². The molecule has 5 heteroatoms. The second-order valence-corrected chi connectivity index (χ2v) is 1.60. The van der Waals surface area contributed by atoms with Gasteiger partial charge in [0.25, 0.3) is 0 Å². The molecule has 0 bridgehead atoms. The van der Waals surface area contributed by atoms with Crippen LogP contribution in [0.1, 0.15) is 0 Å². The van der Waals surface area contributed by atoms with Crippen molar-refractivity contribution >= 4 is 0 Å². The van der Waals surface area contributed by atoms with E-state index in [1.165, 1.54) is 0 Å². The van der Waals surface area contributed by atoms with Gasteiger partial charge < -0.3 is 9.47 Å². The van der Waals surface area contributed by atoms with Crippen molar-refractivity contribution in [3.8, 4) is 0 Å². The van der Waals surface area contributed by atoms with E-state index in [9.17, 15) is 0 Å². The minimum absolute atomic E-state index is 0.407. The molecule has 0 rings (SSSR count). The molecule has 0 aromatic carbocycles. The summed E-state index contributed by atoms with van der Waals surface area (Å²) in [4.78, 5) is 0. The minimum Gasteiger partial charge on any atom is -0.341 e. The first-order valence-corrected chi connectivity index (χ1v) is 2.99. The van der Waals surface area contributed by atoms with Crippen molar-refractivity contribution in [1.82, 2.24) is 16.0 Å². The molecule has 0 saturated carbocycles. The van der Waals surface area contributed by atoms with Crippen LogP contribution >= 0.6 is 0 Å². The molecule has 0 aromatic rings. The quantitative estimate of drug-likeness (QED) is 0.393. The number of hydrogen-bond acceptors (Lipinski definition) is 5. The SMILES string of the molecule is CNN(NC)C(OC)OC. The zero-order valence-electron chi connectivity index (χ0n) is 6.84. The van der Waals surface area contributed by atoms with Gasteiger partial charge in [-0.05, 0) is 0 Å². The maximum atomic E-state index is 4.92. The molecule has 0 aromatic heterocycles. The van der Waals surface area contributed by atoms with Crippen LogP contribution in [0.3, 0.4) is 0 Å². The van der Waals surface area contributed by atoms with E-state index in [2.05, 4.69) is 10.9 Å². The number of hydrogen-bond donors (Lipinski definition) is 2. The van der Waals surface area contributed by atoms with Crippen molar-refractivity contribution < 1.29 is 9.47 Å². The molecule has 62 valence electrons. The number of methoxy groups -OCH3 is 2. The third-order valence-corrected chi connectivity index (χ3v) is 1.10. The average Bonchev–Trinajstić information content (AvgIpc) is 2.00. The van der Waals surface area contributed by atoms with Crippen molar-refractivity contribution in [2.75, 3.05) is 28.3 Å². The molecule has 0 amide bonds. The molecule has 5 nitrogen and oxygen atoms in total. The molecule has 0 aliphatic heterocycles. The van der Waals surface area contributed by atoms with Crippen LogP contribution in [0.2, 0.25) is 0 Å². The average molecular weight is 149 g/mol. The van der Waals surface area contributed by atoms with Gasteiger partial charge in [0.1, 0.15) is 0 Å². The van der Waals surface area contributed by atoms with Crippen LogP contribution in [0.25, 0.3) is 0 Å². The number of hydrazine groups is 2. The molecular weight excluding hydrogens is 134 g/mol. The van der Waals surface area contributed by atoms with Gasteiger partial charge >= 0.3 is 0 Å². The lowest BCUT2D eigenvalue weighted by Crippen LogP contribution is -2.52. The van der Waals surface area contributed by atoms with Gasteiger partial charge in [-0.1, -0.05) is 0 Å². The summed E-state index contributed by atoms with van der Waals surface area (Å²) in [6.07, 6.45) is -0.407. The van der Waals surface area contributed by atoms with Crippen molar-refractivity contribution in [1.29, 1.82) is 0 Å². The lowest BCUT2D eigenvalue weighted by atomic mass is 11.0. The molecule has 0 atom stereocenters. The molecule has 0 saturated heterocycles. The van der Waals surface area contributed by atoms with Crippen LogP contribution < -0.4 is 10.9 Å². The van der Waals surface area contributed by atoms with Gasteiger partial charge in [0.05, 0.1) is 0 Å². The fraction of sp³-hybridized carbons (Fsp3) is 1.00. The van der Waals surface area contributed by atoms with Crippen molar-refractivity contribution in [3.05, 3.63) is 0 Å². The largest absolute Gasteiger partial charge is 0.341 e. The second-order valence-electron chi connectivity index (χ2n) is 1.60. The Balaban J connectivity index is 3.70. The normalized spacial score (nSPS) is 11.4. The van der Waals surface area contributed by atoms with E-state index in [0.29, 0.717) is 0 Å². The Morgan fingerprint density at radius 3 is 1.60 bits per heavy atom. The predicted molar refractivity (Wildman–Crippen MR) is 37.8 cm³/mol. The molecule has 0 aliphatic rings. The number of ether oxygens (including phenoxy) is 2. The van der Waals surface area contributed by atoms with Gasteiger partial charge in [-0.2, -0.15) is 0 Å². The molecule has 0 aliphatic carbocycles. The molecular formula is C5H15N3O2. The number of nitrogens with zero attached hydrogens (tertiary/aromatic N) is 1. The van der Waals surface area contributed by atoms with Crippen LogP contribution in [0.4, 0.5) is 0 Å². The minimum atomic E-state index is -0.407. The number of nitrogens with one attached hydrogen (secondary N) is 2. The zero-order chi connectivity index (χ0) is 7.98. The van der Waals surface area contributed by atoms with E-state index < -0.39 is 6.41 Å². The van der Waals surface area contributed by atoms with E-state index in [1.54, 1.807) is 33.4 Å². The first-order valence-electron chi connectivity index (χ1n) is 2.99. The van der Waals surface area contributed by atoms with Crippen LogP contribution in [0.5, 0.6) is 0 Å². The Hall–Kier alpha value is -0.200. The topological polar surface area (TPSA) is 45.8 Å². The summed E-state index contributed by atoms with van der Waals surface area (Å²) < 4.78 is 9.84. The fourth-order valence-electron chi connectivity index (χ4n) is 0.630. The Bertz CT molecular complexity index is 63.3. The Kier molecular flexibility index (Phi) is 5.46. The van der Waals surface area contributed by atoms with Gasteiger partial charge in [-0.15, -0.1) is 5.12 Å². The number of rotatable bonds is 5. The summed E-state index contributed by atoms with van der Waals surface area (Å²) >= 11 is 0. The molecule has 0 heterocycles.